The Morgan fingerprint density at radius 2 is 2.15 bits per heavy atom. The first-order valence-electron chi connectivity index (χ1n) is 3.85. The molecule has 72 valence electrons. The molecule has 0 atom stereocenters. The van der Waals surface area contributed by atoms with Gasteiger partial charge in [0.15, 0.2) is 11.6 Å². The maximum atomic E-state index is 12.9. The number of aromatic hydroxyl groups is 1. The number of halogens is 2. The Kier molecular flexibility index (Phi) is 3.12. The molecule has 2 nitrogen and oxygen atoms in total. The molecule has 0 aliphatic rings. The van der Waals surface area contributed by atoms with Crippen LogP contribution in [0.3, 0.4) is 0 Å². The number of aliphatic hydroxyl groups excluding tert-OH is 1. The van der Waals surface area contributed by atoms with Gasteiger partial charge in [0.2, 0.25) is 0 Å². The van der Waals surface area contributed by atoms with Gasteiger partial charge in [0.25, 0.3) is 0 Å². The highest BCUT2D eigenvalue weighted by Crippen LogP contribution is 2.30. The lowest BCUT2D eigenvalue weighted by atomic mass is 10.0. The van der Waals surface area contributed by atoms with Gasteiger partial charge < -0.3 is 10.2 Å². The first-order valence-corrected chi connectivity index (χ1v) is 4.23. The van der Waals surface area contributed by atoms with Gasteiger partial charge in [0.05, 0.1) is 0 Å². The molecule has 1 rings (SSSR count). The standard InChI is InChI=1S/C9H10ClFO2/c1-5-6(2-3-12)9(13)8(11)4-7(5)10/h4,12-13H,2-3H2,1H3. The summed E-state index contributed by atoms with van der Waals surface area (Å²) in [5.41, 5.74) is 0.974. The molecule has 0 amide bonds. The molecule has 0 fully saturated rings. The zero-order valence-corrected chi connectivity index (χ0v) is 7.90. The lowest BCUT2D eigenvalue weighted by Gasteiger charge is -2.09. The van der Waals surface area contributed by atoms with Crippen LogP contribution in [-0.4, -0.2) is 16.8 Å². The summed E-state index contributed by atoms with van der Waals surface area (Å²) in [6.45, 7) is 1.53. The minimum absolute atomic E-state index is 0.145. The summed E-state index contributed by atoms with van der Waals surface area (Å²) in [4.78, 5) is 0. The summed E-state index contributed by atoms with van der Waals surface area (Å²) >= 11 is 5.69. The van der Waals surface area contributed by atoms with Crippen LogP contribution in [0.2, 0.25) is 5.02 Å². The molecular formula is C9H10ClFO2. The van der Waals surface area contributed by atoms with Gasteiger partial charge in [-0.15, -0.1) is 0 Å². The van der Waals surface area contributed by atoms with E-state index in [0.717, 1.165) is 6.07 Å². The quantitative estimate of drug-likeness (QED) is 0.774. The number of hydrogen-bond acceptors (Lipinski definition) is 2. The second-order valence-corrected chi connectivity index (χ2v) is 3.17. The lowest BCUT2D eigenvalue weighted by Crippen LogP contribution is -1.97. The molecule has 0 unspecified atom stereocenters. The van der Waals surface area contributed by atoms with E-state index in [2.05, 4.69) is 0 Å². The summed E-state index contributed by atoms with van der Waals surface area (Å²) in [7, 11) is 0. The summed E-state index contributed by atoms with van der Waals surface area (Å²) < 4.78 is 12.9. The van der Waals surface area contributed by atoms with Crippen molar-refractivity contribution >= 4 is 11.6 Å². The van der Waals surface area contributed by atoms with Crippen molar-refractivity contribution < 1.29 is 14.6 Å². The highest BCUT2D eigenvalue weighted by atomic mass is 35.5. The molecule has 2 N–H and O–H groups in total. The van der Waals surface area contributed by atoms with Gasteiger partial charge in [-0.2, -0.15) is 0 Å². The van der Waals surface area contributed by atoms with Crippen molar-refractivity contribution in [2.45, 2.75) is 13.3 Å². The van der Waals surface area contributed by atoms with Crippen LogP contribution in [0.1, 0.15) is 11.1 Å². The summed E-state index contributed by atoms with van der Waals surface area (Å²) in [6.07, 6.45) is 0.204. The Balaban J connectivity index is 3.28. The maximum absolute atomic E-state index is 12.9. The predicted octanol–water partition coefficient (Wildman–Crippen LogP) is 2.03. The molecule has 0 heterocycles. The molecule has 0 radical (unpaired) electrons. The molecule has 0 saturated carbocycles. The van der Waals surface area contributed by atoms with E-state index in [1.807, 2.05) is 0 Å². The van der Waals surface area contributed by atoms with Crippen LogP contribution in [0.15, 0.2) is 6.07 Å². The van der Waals surface area contributed by atoms with Gasteiger partial charge in [-0.25, -0.2) is 4.39 Å². The zero-order chi connectivity index (χ0) is 10.0. The van der Waals surface area contributed by atoms with Crippen LogP contribution in [-0.2, 0) is 6.42 Å². The highest BCUT2D eigenvalue weighted by molar-refractivity contribution is 6.31. The van der Waals surface area contributed by atoms with E-state index >= 15 is 0 Å². The van der Waals surface area contributed by atoms with Gasteiger partial charge in [-0.05, 0) is 25.0 Å². The fourth-order valence-corrected chi connectivity index (χ4v) is 1.38. The van der Waals surface area contributed by atoms with Gasteiger partial charge >= 0.3 is 0 Å². The third-order valence-electron chi connectivity index (χ3n) is 1.94. The Bertz CT molecular complexity index is 300. The van der Waals surface area contributed by atoms with E-state index in [1.165, 1.54) is 0 Å². The number of phenols is 1. The number of aliphatic hydroxyl groups is 1. The summed E-state index contributed by atoms with van der Waals surface area (Å²) in [6, 6.07) is 1.06. The summed E-state index contributed by atoms with van der Waals surface area (Å²) in [5, 5.41) is 18.2. The fourth-order valence-electron chi connectivity index (χ4n) is 1.17. The molecule has 0 aliphatic heterocycles. The van der Waals surface area contributed by atoms with Crippen LogP contribution in [0, 0.1) is 12.7 Å². The number of phenolic OH excluding ortho intramolecular Hbond substituents is 1. The van der Waals surface area contributed by atoms with Crippen molar-refractivity contribution in [3.63, 3.8) is 0 Å². The van der Waals surface area contributed by atoms with E-state index < -0.39 is 11.6 Å². The second kappa shape index (κ2) is 3.94. The Labute approximate surface area is 80.6 Å². The van der Waals surface area contributed by atoms with Crippen LogP contribution in [0.5, 0.6) is 5.75 Å². The van der Waals surface area contributed by atoms with Gasteiger partial charge in [0, 0.05) is 17.2 Å². The molecule has 13 heavy (non-hydrogen) atoms. The van der Waals surface area contributed by atoms with E-state index in [9.17, 15) is 9.50 Å². The molecule has 0 spiro atoms. The van der Waals surface area contributed by atoms with E-state index in [1.54, 1.807) is 6.92 Å². The fraction of sp³-hybridized carbons (Fsp3) is 0.333. The molecule has 0 saturated heterocycles. The zero-order valence-electron chi connectivity index (χ0n) is 7.14. The normalized spacial score (nSPS) is 10.5. The van der Waals surface area contributed by atoms with E-state index in [-0.39, 0.29) is 18.1 Å². The monoisotopic (exact) mass is 204 g/mol. The van der Waals surface area contributed by atoms with Crippen LogP contribution < -0.4 is 0 Å². The third kappa shape index (κ3) is 1.92. The molecule has 0 bridgehead atoms. The molecule has 0 aliphatic carbocycles. The Hall–Kier alpha value is -0.800. The van der Waals surface area contributed by atoms with Gasteiger partial charge in [0.1, 0.15) is 0 Å². The molecule has 1 aromatic carbocycles. The van der Waals surface area contributed by atoms with Crippen molar-refractivity contribution in [2.75, 3.05) is 6.61 Å². The van der Waals surface area contributed by atoms with Crippen molar-refractivity contribution in [1.29, 1.82) is 0 Å². The number of benzene rings is 1. The SMILES string of the molecule is Cc1c(Cl)cc(F)c(O)c1CCO. The molecule has 4 heteroatoms. The van der Waals surface area contributed by atoms with E-state index in [4.69, 9.17) is 16.7 Å². The van der Waals surface area contributed by atoms with Crippen molar-refractivity contribution in [3.8, 4) is 5.75 Å². The third-order valence-corrected chi connectivity index (χ3v) is 2.33. The van der Waals surface area contributed by atoms with E-state index in [0.29, 0.717) is 11.1 Å². The highest BCUT2D eigenvalue weighted by Gasteiger charge is 2.13. The van der Waals surface area contributed by atoms with Crippen LogP contribution in [0.25, 0.3) is 0 Å². The molecular weight excluding hydrogens is 195 g/mol. The average Bonchev–Trinajstić information content (AvgIpc) is 2.09. The second-order valence-electron chi connectivity index (χ2n) is 2.77. The largest absolute Gasteiger partial charge is 0.505 e. The lowest BCUT2D eigenvalue weighted by molar-refractivity contribution is 0.296. The Morgan fingerprint density at radius 1 is 1.54 bits per heavy atom. The first kappa shape index (κ1) is 10.3. The van der Waals surface area contributed by atoms with Gasteiger partial charge in [-0.1, -0.05) is 11.6 Å². The maximum Gasteiger partial charge on any atom is 0.166 e. The topological polar surface area (TPSA) is 40.5 Å². The minimum Gasteiger partial charge on any atom is -0.505 e. The molecule has 0 aromatic heterocycles. The van der Waals surface area contributed by atoms with Crippen molar-refractivity contribution in [3.05, 3.63) is 28.0 Å². The van der Waals surface area contributed by atoms with Crippen LogP contribution >= 0.6 is 11.6 Å². The number of hydrogen-bond donors (Lipinski definition) is 2. The Morgan fingerprint density at radius 3 is 2.69 bits per heavy atom. The minimum atomic E-state index is -0.751. The average molecular weight is 205 g/mol. The van der Waals surface area contributed by atoms with Crippen LogP contribution in [0.4, 0.5) is 4.39 Å². The van der Waals surface area contributed by atoms with Gasteiger partial charge in [-0.3, -0.25) is 0 Å². The van der Waals surface area contributed by atoms with Crippen molar-refractivity contribution in [2.24, 2.45) is 0 Å². The summed E-state index contributed by atoms with van der Waals surface area (Å²) in [5.74, 6) is -1.17. The predicted molar refractivity (Wildman–Crippen MR) is 48.6 cm³/mol. The molecule has 1 aromatic rings. The number of rotatable bonds is 2. The smallest absolute Gasteiger partial charge is 0.166 e. The first-order chi connectivity index (χ1) is 6.07. The van der Waals surface area contributed by atoms with Crippen molar-refractivity contribution in [1.82, 2.24) is 0 Å².